The lowest BCUT2D eigenvalue weighted by atomic mass is 10.3. The molecule has 0 bridgehead atoms. The predicted molar refractivity (Wildman–Crippen MR) is 72.0 cm³/mol. The van der Waals surface area contributed by atoms with Crippen LogP contribution in [0.1, 0.15) is 0 Å². The van der Waals surface area contributed by atoms with Crippen LogP contribution in [0.5, 0.6) is 5.75 Å². The standard InChI is InChI=1S/C12H17NO4S/c1-17-11-4-2-9(3-5-11)13-12(16)8-18-7-10(15)6-14/h2-5,10,14-15H,6-8H2,1H3,(H,13,16). The third kappa shape index (κ3) is 5.39. The molecule has 0 heterocycles. The number of amides is 1. The number of thioether (sulfide) groups is 1. The normalized spacial score (nSPS) is 11.9. The van der Waals surface area contributed by atoms with E-state index in [-0.39, 0.29) is 18.3 Å². The summed E-state index contributed by atoms with van der Waals surface area (Å²) < 4.78 is 5.01. The lowest BCUT2D eigenvalue weighted by Gasteiger charge is -2.08. The Bertz CT molecular complexity index is 369. The van der Waals surface area contributed by atoms with Crippen molar-refractivity contribution in [3.8, 4) is 5.75 Å². The fraction of sp³-hybridized carbons (Fsp3) is 0.417. The summed E-state index contributed by atoms with van der Waals surface area (Å²) >= 11 is 1.27. The van der Waals surface area contributed by atoms with Crippen molar-refractivity contribution in [2.75, 3.05) is 30.5 Å². The summed E-state index contributed by atoms with van der Waals surface area (Å²) in [5.41, 5.74) is 0.698. The Labute approximate surface area is 110 Å². The minimum Gasteiger partial charge on any atom is -0.497 e. The number of aliphatic hydroxyl groups is 2. The molecule has 1 atom stereocenters. The molecule has 0 aromatic heterocycles. The van der Waals surface area contributed by atoms with Crippen molar-refractivity contribution in [2.24, 2.45) is 0 Å². The highest BCUT2D eigenvalue weighted by Gasteiger charge is 2.06. The van der Waals surface area contributed by atoms with Gasteiger partial charge in [0.2, 0.25) is 5.91 Å². The molecule has 1 rings (SSSR count). The Morgan fingerprint density at radius 2 is 2.11 bits per heavy atom. The number of carbonyl (C=O) groups excluding carboxylic acids is 1. The van der Waals surface area contributed by atoms with Gasteiger partial charge in [0.05, 0.1) is 25.6 Å². The molecule has 1 aromatic rings. The van der Waals surface area contributed by atoms with Gasteiger partial charge in [-0.1, -0.05) is 0 Å². The molecule has 1 aromatic carbocycles. The SMILES string of the molecule is COc1ccc(NC(=O)CSCC(O)CO)cc1. The highest BCUT2D eigenvalue weighted by Crippen LogP contribution is 2.15. The maximum absolute atomic E-state index is 11.5. The zero-order valence-electron chi connectivity index (χ0n) is 10.1. The van der Waals surface area contributed by atoms with Crippen molar-refractivity contribution >= 4 is 23.4 Å². The van der Waals surface area contributed by atoms with E-state index in [9.17, 15) is 4.79 Å². The Morgan fingerprint density at radius 1 is 1.44 bits per heavy atom. The summed E-state index contributed by atoms with van der Waals surface area (Å²) in [5.74, 6) is 1.17. The summed E-state index contributed by atoms with van der Waals surface area (Å²) in [6.07, 6.45) is -0.774. The van der Waals surface area contributed by atoms with Gasteiger partial charge in [0.25, 0.3) is 0 Å². The largest absolute Gasteiger partial charge is 0.497 e. The van der Waals surface area contributed by atoms with Crippen LogP contribution in [-0.4, -0.2) is 47.4 Å². The molecule has 5 nitrogen and oxygen atoms in total. The quantitative estimate of drug-likeness (QED) is 0.681. The number of hydrogen-bond acceptors (Lipinski definition) is 5. The lowest BCUT2D eigenvalue weighted by Crippen LogP contribution is -2.19. The van der Waals surface area contributed by atoms with Gasteiger partial charge in [-0.25, -0.2) is 0 Å². The molecule has 3 N–H and O–H groups in total. The minimum atomic E-state index is -0.774. The van der Waals surface area contributed by atoms with Gasteiger partial charge in [-0.15, -0.1) is 11.8 Å². The van der Waals surface area contributed by atoms with E-state index in [0.717, 1.165) is 5.75 Å². The highest BCUT2D eigenvalue weighted by molar-refractivity contribution is 8.00. The van der Waals surface area contributed by atoms with Crippen LogP contribution >= 0.6 is 11.8 Å². The zero-order valence-corrected chi connectivity index (χ0v) is 10.9. The summed E-state index contributed by atoms with van der Waals surface area (Å²) in [7, 11) is 1.58. The van der Waals surface area contributed by atoms with Crippen molar-refractivity contribution < 1.29 is 19.7 Å². The molecule has 18 heavy (non-hydrogen) atoms. The number of ether oxygens (including phenoxy) is 1. The maximum Gasteiger partial charge on any atom is 0.234 e. The molecule has 6 heteroatoms. The van der Waals surface area contributed by atoms with Gasteiger partial charge in [-0.05, 0) is 24.3 Å². The van der Waals surface area contributed by atoms with Crippen molar-refractivity contribution in [3.63, 3.8) is 0 Å². The smallest absolute Gasteiger partial charge is 0.234 e. The van der Waals surface area contributed by atoms with Crippen molar-refractivity contribution in [1.29, 1.82) is 0 Å². The first-order chi connectivity index (χ1) is 8.65. The third-order valence-corrected chi connectivity index (χ3v) is 3.21. The van der Waals surface area contributed by atoms with Gasteiger partial charge >= 0.3 is 0 Å². The Kier molecular flexibility index (Phi) is 6.56. The Morgan fingerprint density at radius 3 is 2.67 bits per heavy atom. The second kappa shape index (κ2) is 7.97. The number of hydrogen-bond donors (Lipinski definition) is 3. The van der Waals surface area contributed by atoms with Crippen LogP contribution in [0.3, 0.4) is 0 Å². The van der Waals surface area contributed by atoms with E-state index in [1.807, 2.05) is 0 Å². The van der Waals surface area contributed by atoms with Crippen molar-refractivity contribution in [2.45, 2.75) is 6.10 Å². The second-order valence-electron chi connectivity index (χ2n) is 3.63. The molecule has 1 amide bonds. The fourth-order valence-electron chi connectivity index (χ4n) is 1.21. The summed E-state index contributed by atoms with van der Waals surface area (Å²) in [6.45, 7) is -0.285. The van der Waals surface area contributed by atoms with Gasteiger partial charge in [-0.3, -0.25) is 4.79 Å². The van der Waals surface area contributed by atoms with E-state index in [4.69, 9.17) is 14.9 Å². The monoisotopic (exact) mass is 271 g/mol. The maximum atomic E-state index is 11.5. The van der Waals surface area contributed by atoms with Gasteiger partial charge in [0.1, 0.15) is 5.75 Å². The lowest BCUT2D eigenvalue weighted by molar-refractivity contribution is -0.113. The van der Waals surface area contributed by atoms with E-state index in [1.54, 1.807) is 31.4 Å². The first-order valence-corrected chi connectivity index (χ1v) is 6.61. The number of carbonyl (C=O) groups is 1. The molecule has 0 aliphatic rings. The van der Waals surface area contributed by atoms with E-state index in [0.29, 0.717) is 11.4 Å². The van der Waals surface area contributed by atoms with Crippen LogP contribution in [0, 0.1) is 0 Å². The third-order valence-electron chi connectivity index (χ3n) is 2.13. The van der Waals surface area contributed by atoms with E-state index in [2.05, 4.69) is 5.32 Å². The molecular formula is C12H17NO4S. The molecule has 0 radical (unpaired) electrons. The molecule has 0 fully saturated rings. The summed E-state index contributed by atoms with van der Waals surface area (Å²) in [5, 5.41) is 20.4. The van der Waals surface area contributed by atoms with Crippen LogP contribution in [0.15, 0.2) is 24.3 Å². The molecule has 0 aliphatic carbocycles. The van der Waals surface area contributed by atoms with Crippen LogP contribution in [0.25, 0.3) is 0 Å². The molecule has 0 saturated carbocycles. The van der Waals surface area contributed by atoms with Crippen molar-refractivity contribution in [1.82, 2.24) is 0 Å². The van der Waals surface area contributed by atoms with Crippen LogP contribution in [-0.2, 0) is 4.79 Å². The molecular weight excluding hydrogens is 254 g/mol. The number of methoxy groups -OCH3 is 1. The van der Waals surface area contributed by atoms with E-state index >= 15 is 0 Å². The average Bonchev–Trinajstić information content (AvgIpc) is 2.39. The van der Waals surface area contributed by atoms with Crippen molar-refractivity contribution in [3.05, 3.63) is 24.3 Å². The van der Waals surface area contributed by atoms with Gasteiger partial charge < -0.3 is 20.3 Å². The number of nitrogens with one attached hydrogen (secondary N) is 1. The zero-order chi connectivity index (χ0) is 13.4. The average molecular weight is 271 g/mol. The second-order valence-corrected chi connectivity index (χ2v) is 4.66. The van der Waals surface area contributed by atoms with E-state index in [1.165, 1.54) is 11.8 Å². The number of anilines is 1. The molecule has 1 unspecified atom stereocenters. The van der Waals surface area contributed by atoms with Gasteiger partial charge in [-0.2, -0.15) is 0 Å². The molecule has 0 aliphatic heterocycles. The van der Waals surface area contributed by atoms with Gasteiger partial charge in [0.15, 0.2) is 0 Å². The van der Waals surface area contributed by atoms with Crippen LogP contribution in [0.2, 0.25) is 0 Å². The number of rotatable bonds is 7. The first kappa shape index (κ1) is 14.8. The Balaban J connectivity index is 2.30. The fourth-order valence-corrected chi connectivity index (χ4v) is 1.96. The first-order valence-electron chi connectivity index (χ1n) is 5.46. The van der Waals surface area contributed by atoms with E-state index < -0.39 is 6.10 Å². The molecule has 0 saturated heterocycles. The van der Waals surface area contributed by atoms with Gasteiger partial charge in [0, 0.05) is 11.4 Å². The number of aliphatic hydroxyl groups excluding tert-OH is 2. The minimum absolute atomic E-state index is 0.143. The molecule has 100 valence electrons. The van der Waals surface area contributed by atoms with Crippen LogP contribution < -0.4 is 10.1 Å². The Hall–Kier alpha value is -1.24. The molecule has 0 spiro atoms. The number of benzene rings is 1. The van der Waals surface area contributed by atoms with Crippen LogP contribution in [0.4, 0.5) is 5.69 Å². The summed E-state index contributed by atoms with van der Waals surface area (Å²) in [6, 6.07) is 7.03. The highest BCUT2D eigenvalue weighted by atomic mass is 32.2. The predicted octanol–water partition coefficient (Wildman–Crippen LogP) is 0.720. The topological polar surface area (TPSA) is 78.8 Å². The summed E-state index contributed by atoms with van der Waals surface area (Å²) in [4.78, 5) is 11.5.